The molecule has 0 aliphatic rings. The average Bonchev–Trinajstić information content (AvgIpc) is 2.09. The molecule has 0 radical (unpaired) electrons. The van der Waals surface area contributed by atoms with Gasteiger partial charge in [0, 0.05) is 0 Å². The summed E-state index contributed by atoms with van der Waals surface area (Å²) in [6.45, 7) is 6.21. The summed E-state index contributed by atoms with van der Waals surface area (Å²) in [6, 6.07) is 0. The highest BCUT2D eigenvalue weighted by Crippen LogP contribution is 1.96. The van der Waals surface area contributed by atoms with Crippen LogP contribution >= 0.6 is 0 Å². The maximum atomic E-state index is 11.1. The first kappa shape index (κ1) is 12.7. The van der Waals surface area contributed by atoms with Crippen molar-refractivity contribution in [3.63, 3.8) is 0 Å². The van der Waals surface area contributed by atoms with Crippen molar-refractivity contribution in [2.24, 2.45) is 5.16 Å². The van der Waals surface area contributed by atoms with Gasteiger partial charge in [0.2, 0.25) is 5.71 Å². The molecule has 0 aliphatic heterocycles. The molecule has 0 aliphatic carbocycles. The van der Waals surface area contributed by atoms with Crippen LogP contribution in [-0.4, -0.2) is 34.0 Å². The Labute approximate surface area is 85.3 Å². The monoisotopic (exact) mass is 213 g/mol. The topological polar surface area (TPSA) is 47.9 Å². The van der Waals surface area contributed by atoms with Crippen molar-refractivity contribution in [2.45, 2.75) is 19.6 Å². The maximum absolute atomic E-state index is 11.1. The van der Waals surface area contributed by atoms with E-state index >= 15 is 0 Å². The van der Waals surface area contributed by atoms with Gasteiger partial charge in [0.05, 0.1) is 7.11 Å². The molecule has 0 aromatic rings. The number of methoxy groups -OCH3 is 1. The minimum atomic E-state index is -1.51. The quantitative estimate of drug-likeness (QED) is 0.226. The van der Waals surface area contributed by atoms with Crippen LogP contribution in [0.1, 0.15) is 0 Å². The molecule has 0 saturated heterocycles. The lowest BCUT2D eigenvalue weighted by molar-refractivity contribution is -0.132. The fourth-order valence-corrected chi connectivity index (χ4v) is 1.04. The lowest BCUT2D eigenvalue weighted by atomic mass is 10.4. The Bertz CT molecular complexity index is 293. The zero-order chi connectivity index (χ0) is 11.2. The molecule has 0 amide bonds. The number of carbonyl (C=O) groups excluding carboxylic acids is 1. The van der Waals surface area contributed by atoms with Crippen LogP contribution in [-0.2, 0) is 14.4 Å². The third-order valence-corrected chi connectivity index (χ3v) is 1.99. The van der Waals surface area contributed by atoms with E-state index in [1.54, 1.807) is 0 Å². The largest absolute Gasteiger partial charge is 0.464 e. The van der Waals surface area contributed by atoms with Gasteiger partial charge in [-0.2, -0.15) is 0 Å². The van der Waals surface area contributed by atoms with Crippen LogP contribution in [0.3, 0.4) is 0 Å². The first-order chi connectivity index (χ1) is 6.40. The summed E-state index contributed by atoms with van der Waals surface area (Å²) in [5.74, 6) is 2.10. The minimum absolute atomic E-state index is 0.0115. The van der Waals surface area contributed by atoms with Crippen molar-refractivity contribution in [1.29, 1.82) is 0 Å². The first-order valence-corrected chi connectivity index (χ1v) is 7.63. The van der Waals surface area contributed by atoms with Crippen molar-refractivity contribution in [1.82, 2.24) is 0 Å². The molecular weight excluding hydrogens is 198 g/mol. The van der Waals surface area contributed by atoms with E-state index in [4.69, 9.17) is 0 Å². The number of hydrogen-bond acceptors (Lipinski definition) is 4. The van der Waals surface area contributed by atoms with Gasteiger partial charge in [0.25, 0.3) is 0 Å². The van der Waals surface area contributed by atoms with Crippen LogP contribution in [0.15, 0.2) is 5.16 Å². The molecule has 14 heavy (non-hydrogen) atoms. The Morgan fingerprint density at radius 1 is 1.29 bits per heavy atom. The second kappa shape index (κ2) is 5.45. The highest BCUT2D eigenvalue weighted by molar-refractivity contribution is 6.84. The van der Waals surface area contributed by atoms with Crippen molar-refractivity contribution < 1.29 is 14.4 Å². The normalized spacial score (nSPS) is 11.4. The lowest BCUT2D eigenvalue weighted by Gasteiger charge is -2.03. The number of nitrogens with zero attached hydrogens (tertiary/aromatic N) is 1. The molecule has 0 bridgehead atoms. The van der Waals surface area contributed by atoms with Gasteiger partial charge in [0.15, 0.2) is 0 Å². The smallest absolute Gasteiger partial charge is 0.368 e. The molecule has 0 heterocycles. The van der Waals surface area contributed by atoms with E-state index in [1.807, 2.05) is 0 Å². The number of hydrogen-bond donors (Lipinski definition) is 0. The predicted octanol–water partition coefficient (Wildman–Crippen LogP) is 1.04. The van der Waals surface area contributed by atoms with Crippen molar-refractivity contribution >= 4 is 19.8 Å². The summed E-state index contributed by atoms with van der Waals surface area (Å²) in [5, 5.41) is 3.49. The van der Waals surface area contributed by atoms with Crippen LogP contribution in [0, 0.1) is 11.5 Å². The zero-order valence-electron chi connectivity index (χ0n) is 9.17. The van der Waals surface area contributed by atoms with E-state index in [0.29, 0.717) is 0 Å². The summed E-state index contributed by atoms with van der Waals surface area (Å²) in [6.07, 6.45) is 0. The summed E-state index contributed by atoms with van der Waals surface area (Å²) < 4.78 is 4.49. The fraction of sp³-hybridized carbons (Fsp3) is 0.556. The fourth-order valence-electron chi connectivity index (χ4n) is 0.546. The van der Waals surface area contributed by atoms with Crippen LogP contribution in [0.5, 0.6) is 0 Å². The Morgan fingerprint density at radius 2 is 1.86 bits per heavy atom. The van der Waals surface area contributed by atoms with Crippen LogP contribution in [0.25, 0.3) is 0 Å². The molecule has 0 spiro atoms. The molecule has 0 aromatic heterocycles. The molecule has 78 valence electrons. The Kier molecular flexibility index (Phi) is 4.95. The van der Waals surface area contributed by atoms with E-state index in [-0.39, 0.29) is 5.71 Å². The zero-order valence-corrected chi connectivity index (χ0v) is 10.2. The second-order valence-electron chi connectivity index (χ2n) is 3.61. The van der Waals surface area contributed by atoms with E-state index in [9.17, 15) is 4.79 Å². The van der Waals surface area contributed by atoms with Gasteiger partial charge in [-0.3, -0.25) is 0 Å². The molecule has 5 heteroatoms. The third-order valence-electron chi connectivity index (χ3n) is 1.12. The van der Waals surface area contributed by atoms with Gasteiger partial charge in [-0.1, -0.05) is 24.8 Å². The second-order valence-corrected chi connectivity index (χ2v) is 8.36. The number of oxime groups is 1. The highest BCUT2D eigenvalue weighted by Gasteiger charge is 2.12. The van der Waals surface area contributed by atoms with Crippen molar-refractivity contribution in [3.8, 4) is 11.5 Å². The Hall–Kier alpha value is -1.28. The number of rotatable bonds is 2. The molecule has 0 atom stereocenters. The van der Waals surface area contributed by atoms with E-state index in [2.05, 4.69) is 45.8 Å². The lowest BCUT2D eigenvalue weighted by Crippen LogP contribution is -2.19. The molecule has 0 aromatic carbocycles. The molecule has 0 rings (SSSR count). The Morgan fingerprint density at radius 3 is 2.21 bits per heavy atom. The summed E-state index contributed by atoms with van der Waals surface area (Å²) in [7, 11) is 1.13. The molecule has 4 nitrogen and oxygen atoms in total. The van der Waals surface area contributed by atoms with Crippen molar-refractivity contribution in [2.75, 3.05) is 14.2 Å². The molecule has 0 fully saturated rings. The SMILES string of the molecule is CO/N=C(\C#C[Si](C)(C)C)C(=O)OC. The van der Waals surface area contributed by atoms with Crippen LogP contribution < -0.4 is 0 Å². The maximum Gasteiger partial charge on any atom is 0.368 e. The van der Waals surface area contributed by atoms with Gasteiger partial charge < -0.3 is 9.57 Å². The molecule has 0 saturated carbocycles. The van der Waals surface area contributed by atoms with E-state index < -0.39 is 14.0 Å². The first-order valence-electron chi connectivity index (χ1n) is 4.13. The highest BCUT2D eigenvalue weighted by atomic mass is 28.3. The summed E-state index contributed by atoms with van der Waals surface area (Å²) >= 11 is 0. The van der Waals surface area contributed by atoms with E-state index in [0.717, 1.165) is 0 Å². The third kappa shape index (κ3) is 5.38. The van der Waals surface area contributed by atoms with Crippen molar-refractivity contribution in [3.05, 3.63) is 0 Å². The van der Waals surface area contributed by atoms with Gasteiger partial charge >= 0.3 is 5.97 Å². The predicted molar refractivity (Wildman–Crippen MR) is 57.6 cm³/mol. The minimum Gasteiger partial charge on any atom is -0.464 e. The molecular formula is C9H15NO3Si. The number of ether oxygens (including phenoxy) is 1. The Balaban J connectivity index is 4.77. The molecule has 0 N–H and O–H groups in total. The summed E-state index contributed by atoms with van der Waals surface area (Å²) in [5.41, 5.74) is 3.01. The van der Waals surface area contributed by atoms with Crippen LogP contribution in [0.4, 0.5) is 0 Å². The standard InChI is InChI=1S/C9H15NO3Si/c1-12-9(11)8(10-13-2)6-7-14(3,4)5/h1-5H3/b10-8+. The number of carbonyl (C=O) groups is 1. The van der Waals surface area contributed by atoms with Gasteiger partial charge in [-0.05, 0) is 5.92 Å². The number of esters is 1. The summed E-state index contributed by atoms with van der Waals surface area (Å²) in [4.78, 5) is 15.6. The van der Waals surface area contributed by atoms with E-state index in [1.165, 1.54) is 14.2 Å². The average molecular weight is 213 g/mol. The van der Waals surface area contributed by atoms with Gasteiger partial charge in [-0.15, -0.1) is 5.54 Å². The van der Waals surface area contributed by atoms with Crippen LogP contribution in [0.2, 0.25) is 19.6 Å². The van der Waals surface area contributed by atoms with Gasteiger partial charge in [-0.25, -0.2) is 4.79 Å². The molecule has 0 unspecified atom stereocenters. The van der Waals surface area contributed by atoms with Gasteiger partial charge in [0.1, 0.15) is 15.2 Å².